The summed E-state index contributed by atoms with van der Waals surface area (Å²) in [5, 5.41) is 10.3. The molecule has 3 nitrogen and oxygen atoms in total. The van der Waals surface area contributed by atoms with Gasteiger partial charge in [0.05, 0.1) is 6.10 Å². The minimum atomic E-state index is -0.325. The molecule has 1 N–H and O–H groups in total. The van der Waals surface area contributed by atoms with Crippen molar-refractivity contribution in [3.63, 3.8) is 0 Å². The number of hydrogen-bond acceptors (Lipinski definition) is 3. The van der Waals surface area contributed by atoms with Crippen molar-refractivity contribution in [2.24, 2.45) is 17.3 Å². The first kappa shape index (κ1) is 12.0. The van der Waals surface area contributed by atoms with Crippen LogP contribution in [0.4, 0.5) is 0 Å². The van der Waals surface area contributed by atoms with E-state index >= 15 is 0 Å². The molecule has 2 unspecified atom stereocenters. The average Bonchev–Trinajstić information content (AvgIpc) is 2.58. The second-order valence-electron chi connectivity index (χ2n) is 6.23. The number of rotatable bonds is 0. The molecule has 2 aliphatic carbocycles. The zero-order chi connectivity index (χ0) is 13.1. The maximum Gasteiger partial charge on any atom is 0.334 e. The van der Waals surface area contributed by atoms with Crippen LogP contribution in [0.2, 0.25) is 0 Å². The molecule has 0 aromatic carbocycles. The van der Waals surface area contributed by atoms with Gasteiger partial charge in [-0.1, -0.05) is 32.1 Å². The van der Waals surface area contributed by atoms with Gasteiger partial charge in [0.2, 0.25) is 0 Å². The largest absolute Gasteiger partial charge is 0.458 e. The maximum atomic E-state index is 11.6. The van der Waals surface area contributed by atoms with Gasteiger partial charge in [-0.25, -0.2) is 4.79 Å². The Morgan fingerprint density at radius 3 is 2.94 bits per heavy atom. The molecule has 1 saturated heterocycles. The van der Waals surface area contributed by atoms with Crippen molar-refractivity contribution in [3.8, 4) is 0 Å². The van der Waals surface area contributed by atoms with E-state index in [-0.39, 0.29) is 29.5 Å². The van der Waals surface area contributed by atoms with E-state index in [4.69, 9.17) is 4.74 Å². The van der Waals surface area contributed by atoms with Crippen LogP contribution in [-0.2, 0) is 9.53 Å². The molecule has 1 aliphatic heterocycles. The lowest BCUT2D eigenvalue weighted by atomic mass is 9.58. The molecule has 0 aromatic rings. The standard InChI is InChI=1S/C15H20O3/c1-8-4-5-13(16)15(3)7-12-10(6-11(8)15)9(2)14(17)18-12/h6,8,10,12-13,16H,2,4-5,7H2,1,3H3/t8-,10?,12?,13+,15+/m0/s1. The minimum absolute atomic E-state index is 0.0216. The Morgan fingerprint density at radius 1 is 1.50 bits per heavy atom. The smallest absolute Gasteiger partial charge is 0.334 e. The highest BCUT2D eigenvalue weighted by Crippen LogP contribution is 2.53. The van der Waals surface area contributed by atoms with Crippen LogP contribution in [0.25, 0.3) is 0 Å². The van der Waals surface area contributed by atoms with Gasteiger partial charge in [0, 0.05) is 16.9 Å². The zero-order valence-corrected chi connectivity index (χ0v) is 11.0. The number of carbonyl (C=O) groups excluding carboxylic acids is 1. The Kier molecular flexibility index (Phi) is 2.46. The summed E-state index contributed by atoms with van der Waals surface area (Å²) in [4.78, 5) is 11.6. The predicted octanol–water partition coefficient (Wildman–Crippen LogP) is 2.21. The Balaban J connectivity index is 2.04. The fourth-order valence-electron chi connectivity index (χ4n) is 3.88. The molecule has 3 rings (SSSR count). The Labute approximate surface area is 108 Å². The molecule has 0 amide bonds. The molecule has 1 heterocycles. The van der Waals surface area contributed by atoms with Gasteiger partial charge >= 0.3 is 5.97 Å². The monoisotopic (exact) mass is 248 g/mol. The molecule has 0 radical (unpaired) electrons. The minimum Gasteiger partial charge on any atom is -0.458 e. The van der Waals surface area contributed by atoms with Crippen molar-refractivity contribution in [2.45, 2.75) is 45.3 Å². The van der Waals surface area contributed by atoms with E-state index in [2.05, 4.69) is 26.5 Å². The van der Waals surface area contributed by atoms with E-state index in [1.165, 1.54) is 5.57 Å². The highest BCUT2D eigenvalue weighted by atomic mass is 16.6. The summed E-state index contributed by atoms with van der Waals surface area (Å²) >= 11 is 0. The quantitative estimate of drug-likeness (QED) is 0.406. The van der Waals surface area contributed by atoms with E-state index in [0.717, 1.165) is 19.3 Å². The topological polar surface area (TPSA) is 46.5 Å². The number of esters is 1. The van der Waals surface area contributed by atoms with Crippen LogP contribution >= 0.6 is 0 Å². The summed E-state index contributed by atoms with van der Waals surface area (Å²) in [6, 6.07) is 0. The predicted molar refractivity (Wildman–Crippen MR) is 67.7 cm³/mol. The molecule has 0 spiro atoms. The van der Waals surface area contributed by atoms with Crippen LogP contribution in [0.3, 0.4) is 0 Å². The van der Waals surface area contributed by atoms with Gasteiger partial charge in [-0.2, -0.15) is 0 Å². The van der Waals surface area contributed by atoms with E-state index in [1.54, 1.807) is 0 Å². The van der Waals surface area contributed by atoms with Crippen LogP contribution in [0.1, 0.15) is 33.1 Å². The van der Waals surface area contributed by atoms with Gasteiger partial charge in [0.1, 0.15) is 6.10 Å². The van der Waals surface area contributed by atoms with Crippen molar-refractivity contribution < 1.29 is 14.6 Å². The number of fused-ring (bicyclic) bond motifs is 2. The molecule has 5 atom stereocenters. The summed E-state index contributed by atoms with van der Waals surface area (Å²) in [6.07, 6.45) is 4.27. The van der Waals surface area contributed by atoms with Crippen molar-refractivity contribution in [1.82, 2.24) is 0 Å². The normalized spacial score (nSPS) is 47.2. The number of ether oxygens (including phenoxy) is 1. The van der Waals surface area contributed by atoms with E-state index < -0.39 is 0 Å². The van der Waals surface area contributed by atoms with Gasteiger partial charge in [-0.3, -0.25) is 0 Å². The summed E-state index contributed by atoms with van der Waals surface area (Å²) < 4.78 is 5.38. The van der Waals surface area contributed by atoms with E-state index in [0.29, 0.717) is 11.5 Å². The highest BCUT2D eigenvalue weighted by molar-refractivity contribution is 5.91. The SMILES string of the molecule is C=C1C(=O)OC2C[C@]3(C)C(=CC12)[C@@H](C)CC[C@H]3O. The second-order valence-corrected chi connectivity index (χ2v) is 6.23. The molecule has 18 heavy (non-hydrogen) atoms. The third kappa shape index (κ3) is 1.43. The Hall–Kier alpha value is -1.09. The van der Waals surface area contributed by atoms with Gasteiger partial charge in [-0.05, 0) is 25.2 Å². The van der Waals surface area contributed by atoms with Crippen molar-refractivity contribution in [1.29, 1.82) is 0 Å². The fraction of sp³-hybridized carbons (Fsp3) is 0.667. The number of carbonyl (C=O) groups is 1. The third-order valence-corrected chi connectivity index (χ3v) is 5.11. The van der Waals surface area contributed by atoms with Crippen LogP contribution in [0.5, 0.6) is 0 Å². The second kappa shape index (κ2) is 3.70. The molecular formula is C15H20O3. The first-order chi connectivity index (χ1) is 8.43. The summed E-state index contributed by atoms with van der Waals surface area (Å²) in [7, 11) is 0. The summed E-state index contributed by atoms with van der Waals surface area (Å²) in [5.74, 6) is 0.224. The van der Waals surface area contributed by atoms with E-state index in [9.17, 15) is 9.90 Å². The molecular weight excluding hydrogens is 228 g/mol. The summed E-state index contributed by atoms with van der Waals surface area (Å²) in [6.45, 7) is 8.15. The van der Waals surface area contributed by atoms with Crippen molar-refractivity contribution in [2.75, 3.05) is 0 Å². The molecule has 98 valence electrons. The van der Waals surface area contributed by atoms with Crippen LogP contribution in [0.15, 0.2) is 23.8 Å². The average molecular weight is 248 g/mol. The first-order valence-electron chi connectivity index (χ1n) is 6.73. The van der Waals surface area contributed by atoms with Gasteiger partial charge in [0.25, 0.3) is 0 Å². The first-order valence-corrected chi connectivity index (χ1v) is 6.73. The van der Waals surface area contributed by atoms with Gasteiger partial charge in [0.15, 0.2) is 0 Å². The Morgan fingerprint density at radius 2 is 2.22 bits per heavy atom. The van der Waals surface area contributed by atoms with Crippen molar-refractivity contribution in [3.05, 3.63) is 23.8 Å². The molecule has 3 heteroatoms. The van der Waals surface area contributed by atoms with E-state index in [1.807, 2.05) is 0 Å². The van der Waals surface area contributed by atoms with Gasteiger partial charge in [-0.15, -0.1) is 0 Å². The third-order valence-electron chi connectivity index (χ3n) is 5.11. The Bertz CT molecular complexity index is 451. The highest BCUT2D eigenvalue weighted by Gasteiger charge is 2.52. The number of aliphatic hydroxyl groups excluding tert-OH is 1. The maximum absolute atomic E-state index is 11.6. The molecule has 2 fully saturated rings. The van der Waals surface area contributed by atoms with Crippen LogP contribution in [-0.4, -0.2) is 23.3 Å². The van der Waals surface area contributed by atoms with Crippen LogP contribution in [0, 0.1) is 17.3 Å². The fourth-order valence-corrected chi connectivity index (χ4v) is 3.88. The molecule has 1 saturated carbocycles. The van der Waals surface area contributed by atoms with Gasteiger partial charge < -0.3 is 9.84 Å². The lowest BCUT2D eigenvalue weighted by molar-refractivity contribution is -0.141. The van der Waals surface area contributed by atoms with Crippen molar-refractivity contribution >= 4 is 5.97 Å². The number of hydrogen-bond donors (Lipinski definition) is 1. The molecule has 3 aliphatic rings. The lowest BCUT2D eigenvalue weighted by Crippen LogP contribution is -2.46. The number of aliphatic hydroxyl groups is 1. The summed E-state index contributed by atoms with van der Waals surface area (Å²) in [5.41, 5.74) is 1.63. The lowest BCUT2D eigenvalue weighted by Gasteiger charge is -2.48. The van der Waals surface area contributed by atoms with Crippen LogP contribution < -0.4 is 0 Å². The molecule has 0 aromatic heterocycles. The molecule has 0 bridgehead atoms. The zero-order valence-electron chi connectivity index (χ0n) is 11.0.